The molecule has 2 aromatic rings. The van der Waals surface area contributed by atoms with Crippen LogP contribution >= 0.6 is 0 Å². The molecule has 4 amide bonds. The molecule has 1 aliphatic carbocycles. The van der Waals surface area contributed by atoms with E-state index < -0.39 is 41.3 Å². The van der Waals surface area contributed by atoms with Gasteiger partial charge in [-0.1, -0.05) is 52.7 Å². The van der Waals surface area contributed by atoms with Crippen molar-refractivity contribution in [3.63, 3.8) is 0 Å². The van der Waals surface area contributed by atoms with Gasteiger partial charge in [-0.05, 0) is 67.2 Å². The third-order valence-electron chi connectivity index (χ3n) is 10.6. The summed E-state index contributed by atoms with van der Waals surface area (Å²) in [6.07, 6.45) is 6.48. The highest BCUT2D eigenvalue weighted by Crippen LogP contribution is 2.42. The van der Waals surface area contributed by atoms with Gasteiger partial charge in [0.1, 0.15) is 23.5 Å². The first-order valence-electron chi connectivity index (χ1n) is 16.5. The summed E-state index contributed by atoms with van der Waals surface area (Å²) >= 11 is 0. The van der Waals surface area contributed by atoms with Crippen LogP contribution in [0.1, 0.15) is 76.2 Å². The highest BCUT2D eigenvalue weighted by Gasteiger charge is 2.53. The van der Waals surface area contributed by atoms with Crippen LogP contribution in [-0.2, 0) is 19.2 Å². The molecule has 5 atom stereocenters. The summed E-state index contributed by atoms with van der Waals surface area (Å²) < 4.78 is 5.46. The van der Waals surface area contributed by atoms with Crippen molar-refractivity contribution < 1.29 is 28.7 Å². The van der Waals surface area contributed by atoms with E-state index in [1.807, 2.05) is 39.0 Å². The van der Waals surface area contributed by atoms with Gasteiger partial charge in [0.2, 0.25) is 17.7 Å². The first-order chi connectivity index (χ1) is 22.0. The van der Waals surface area contributed by atoms with Crippen molar-refractivity contribution in [1.29, 1.82) is 0 Å². The van der Waals surface area contributed by atoms with Crippen molar-refractivity contribution in [3.8, 4) is 5.75 Å². The molecule has 11 nitrogen and oxygen atoms in total. The Morgan fingerprint density at radius 3 is 2.52 bits per heavy atom. The maximum absolute atomic E-state index is 14.6. The Kier molecular flexibility index (Phi) is 9.88. The maximum atomic E-state index is 14.6. The first-order valence-corrected chi connectivity index (χ1v) is 16.5. The molecule has 248 valence electrons. The zero-order valence-electron chi connectivity index (χ0n) is 27.3. The predicted octanol–water partition coefficient (Wildman–Crippen LogP) is 3.49. The number of amides is 4. The minimum atomic E-state index is -0.935. The number of benzene rings is 1. The van der Waals surface area contributed by atoms with E-state index in [1.165, 1.54) is 0 Å². The number of hydrogen-bond acceptors (Lipinski definition) is 6. The fourth-order valence-corrected chi connectivity index (χ4v) is 7.47. The number of fused-ring (bicyclic) bond motifs is 1. The highest BCUT2D eigenvalue weighted by molar-refractivity contribution is 6.02. The minimum absolute atomic E-state index is 0.0368. The van der Waals surface area contributed by atoms with Gasteiger partial charge in [0.25, 0.3) is 5.91 Å². The average molecular weight is 634 g/mol. The van der Waals surface area contributed by atoms with Crippen molar-refractivity contribution in [3.05, 3.63) is 42.6 Å². The lowest BCUT2D eigenvalue weighted by atomic mass is 9.77. The summed E-state index contributed by atoms with van der Waals surface area (Å²) in [7, 11) is 1.57. The number of aromatic amines is 1. The predicted molar refractivity (Wildman–Crippen MR) is 174 cm³/mol. The minimum Gasteiger partial charge on any atom is -0.496 e. The fraction of sp³-hybridized carbons (Fsp3) is 0.571. The maximum Gasteiger partial charge on any atom is 0.268 e. The van der Waals surface area contributed by atoms with E-state index in [1.54, 1.807) is 18.1 Å². The molecule has 1 aromatic carbocycles. The first kappa shape index (κ1) is 33.2. The van der Waals surface area contributed by atoms with Gasteiger partial charge < -0.3 is 30.6 Å². The van der Waals surface area contributed by atoms with E-state index in [0.29, 0.717) is 31.0 Å². The van der Waals surface area contributed by atoms with Gasteiger partial charge in [-0.15, -0.1) is 0 Å². The molecule has 0 radical (unpaired) electrons. The van der Waals surface area contributed by atoms with Crippen LogP contribution < -0.4 is 20.7 Å². The average Bonchev–Trinajstić information content (AvgIpc) is 3.74. The van der Waals surface area contributed by atoms with Crippen molar-refractivity contribution in [1.82, 2.24) is 25.8 Å². The van der Waals surface area contributed by atoms with E-state index >= 15 is 0 Å². The summed E-state index contributed by atoms with van der Waals surface area (Å²) in [5.74, 6) is -1.53. The standard InChI is InChI=1S/C35H47N5O6/c1-6-27(41)25(17-22-15-16-36-31(22)42)38-33(44)30-35(3,4)20(2)19-40(30)34(45)29(21-11-8-7-9-12-21)39-32(43)26-18-23-24(37-26)13-10-14-28(23)46-5/h6,10,13-14,18,20-22,25,29-30,37H,1,7-9,11-12,15-17,19H2,2-5H3,(H,36,42)(H,38,44)(H,39,43)/t20-,22+,25?,29?,30-/m1/s1. The number of carbonyl (C=O) groups excluding carboxylic acids is 5. The van der Waals surface area contributed by atoms with Crippen molar-refractivity contribution >= 4 is 40.3 Å². The second-order valence-corrected chi connectivity index (χ2v) is 13.7. The molecule has 1 aromatic heterocycles. The van der Waals surface area contributed by atoms with Crippen molar-refractivity contribution in [2.45, 2.75) is 83.8 Å². The van der Waals surface area contributed by atoms with Crippen molar-refractivity contribution in [2.75, 3.05) is 20.2 Å². The number of nitrogens with one attached hydrogen (secondary N) is 4. The van der Waals surface area contributed by atoms with Gasteiger partial charge in [-0.25, -0.2) is 0 Å². The molecular weight excluding hydrogens is 586 g/mol. The number of carbonyl (C=O) groups is 5. The molecule has 0 bridgehead atoms. The van der Waals surface area contributed by atoms with Gasteiger partial charge >= 0.3 is 0 Å². The second kappa shape index (κ2) is 13.7. The number of hydrogen-bond donors (Lipinski definition) is 4. The van der Waals surface area contributed by atoms with Crippen LogP contribution in [0.15, 0.2) is 36.9 Å². The second-order valence-electron chi connectivity index (χ2n) is 13.7. The highest BCUT2D eigenvalue weighted by atomic mass is 16.5. The summed E-state index contributed by atoms with van der Waals surface area (Å²) in [6, 6.07) is 4.60. The Hall–Kier alpha value is -4.15. The molecule has 4 N–H and O–H groups in total. The number of ketones is 1. The van der Waals surface area contributed by atoms with Crippen LogP contribution in [-0.4, -0.2) is 77.6 Å². The van der Waals surface area contributed by atoms with Gasteiger partial charge in [-0.2, -0.15) is 0 Å². The number of H-pyrrole nitrogens is 1. The number of ether oxygens (including phenoxy) is 1. The number of methoxy groups -OCH3 is 1. The Bertz CT molecular complexity index is 1510. The van der Waals surface area contributed by atoms with Gasteiger partial charge in [0, 0.05) is 29.9 Å². The Balaban J connectivity index is 1.41. The number of rotatable bonds is 11. The third-order valence-corrected chi connectivity index (χ3v) is 10.6. The molecule has 1 saturated carbocycles. The Morgan fingerprint density at radius 1 is 1.13 bits per heavy atom. The van der Waals surface area contributed by atoms with Crippen LogP contribution in [0.25, 0.3) is 10.9 Å². The lowest BCUT2D eigenvalue weighted by Gasteiger charge is -2.37. The number of likely N-dealkylation sites (tertiary alicyclic amines) is 1. The molecular formula is C35H47N5O6. The molecule has 11 heteroatoms. The topological polar surface area (TPSA) is 150 Å². The largest absolute Gasteiger partial charge is 0.496 e. The smallest absolute Gasteiger partial charge is 0.268 e. The zero-order valence-corrected chi connectivity index (χ0v) is 27.3. The molecule has 3 aliphatic rings. The third kappa shape index (κ3) is 6.55. The summed E-state index contributed by atoms with van der Waals surface area (Å²) in [5.41, 5.74) is 0.441. The van der Waals surface area contributed by atoms with E-state index in [2.05, 4.69) is 27.5 Å². The van der Waals surface area contributed by atoms with E-state index in [0.717, 1.165) is 49.1 Å². The van der Waals surface area contributed by atoms with Gasteiger partial charge in [0.15, 0.2) is 5.78 Å². The molecule has 3 heterocycles. The van der Waals surface area contributed by atoms with E-state index in [4.69, 9.17) is 4.74 Å². The molecule has 2 aliphatic heterocycles. The summed E-state index contributed by atoms with van der Waals surface area (Å²) in [6.45, 7) is 10.4. The lowest BCUT2D eigenvalue weighted by molar-refractivity contribution is -0.144. The summed E-state index contributed by atoms with van der Waals surface area (Å²) in [5, 5.41) is 9.49. The quantitative estimate of drug-likeness (QED) is 0.278. The van der Waals surface area contributed by atoms with Crippen molar-refractivity contribution in [2.24, 2.45) is 23.2 Å². The van der Waals surface area contributed by atoms with Gasteiger partial charge in [-0.3, -0.25) is 24.0 Å². The normalized spacial score (nSPS) is 24.2. The lowest BCUT2D eigenvalue weighted by Crippen LogP contribution is -2.59. The van der Waals surface area contributed by atoms with Crippen LogP contribution in [0.4, 0.5) is 0 Å². The van der Waals surface area contributed by atoms with Crippen LogP contribution in [0.2, 0.25) is 0 Å². The number of nitrogens with zero attached hydrogens (tertiary/aromatic N) is 1. The van der Waals surface area contributed by atoms with Crippen LogP contribution in [0, 0.1) is 23.2 Å². The molecule has 2 saturated heterocycles. The molecule has 2 unspecified atom stereocenters. The zero-order chi connectivity index (χ0) is 33.2. The van der Waals surface area contributed by atoms with Crippen LogP contribution in [0.3, 0.4) is 0 Å². The van der Waals surface area contributed by atoms with E-state index in [9.17, 15) is 24.0 Å². The molecule has 0 spiro atoms. The van der Waals surface area contributed by atoms with E-state index in [-0.39, 0.29) is 35.9 Å². The van der Waals surface area contributed by atoms with Gasteiger partial charge in [0.05, 0.1) is 13.2 Å². The van der Waals surface area contributed by atoms with Crippen LogP contribution in [0.5, 0.6) is 5.75 Å². The monoisotopic (exact) mass is 633 g/mol. The molecule has 3 fully saturated rings. The number of aromatic nitrogens is 1. The Labute approximate surface area is 270 Å². The fourth-order valence-electron chi connectivity index (χ4n) is 7.47. The SMILES string of the molecule is C=CC(=O)C(C[C@@H]1CCNC1=O)NC(=O)[C@H]1N(C(=O)C(NC(=O)c2cc3c(OC)cccc3[nH]2)C2CCCCC2)C[C@@H](C)C1(C)C. The molecule has 5 rings (SSSR count). The summed E-state index contributed by atoms with van der Waals surface area (Å²) in [4.78, 5) is 72.4. The molecule has 46 heavy (non-hydrogen) atoms. The Morgan fingerprint density at radius 2 is 1.87 bits per heavy atom.